The second-order valence-corrected chi connectivity index (χ2v) is 23.9. The molecule has 0 N–H and O–H groups in total. The molecular weight excluding hydrogens is 377 g/mol. The Bertz CT molecular complexity index is 675. The molecule has 1 aromatic rings. The quantitative estimate of drug-likeness (QED) is 0.321. The maximum atomic E-state index is 6.39. The van der Waals surface area contributed by atoms with Gasteiger partial charge in [-0.1, -0.05) is 87.2 Å². The minimum Gasteiger partial charge on any atom is -0.402 e. The van der Waals surface area contributed by atoms with Crippen molar-refractivity contribution in [3.8, 4) is 11.5 Å². The molecule has 0 aromatic heterocycles. The van der Waals surface area contributed by atoms with Crippen molar-refractivity contribution in [1.29, 1.82) is 0 Å². The molecule has 0 amide bonds. The fraction of sp³-hybridized carbons (Fsp3) is 0.565. The molecule has 0 aliphatic rings. The van der Waals surface area contributed by atoms with E-state index in [4.69, 9.17) is 4.43 Å². The summed E-state index contributed by atoms with van der Waals surface area (Å²) in [5, 5.41) is 0. The molecule has 150 valence electrons. The van der Waals surface area contributed by atoms with Crippen LogP contribution >= 0.6 is 0 Å². The fourth-order valence-corrected chi connectivity index (χ4v) is 11.0. The van der Waals surface area contributed by atoms with E-state index in [1.54, 1.807) is 0 Å². The first-order chi connectivity index (χ1) is 12.3. The summed E-state index contributed by atoms with van der Waals surface area (Å²) in [5.74, 6) is 3.56. The van der Waals surface area contributed by atoms with Crippen LogP contribution in [0.1, 0.15) is 25.8 Å². The average molecular weight is 417 g/mol. The number of rotatable bonds is 8. The SMILES string of the molecule is CCC(C)(C#C[Si](C)(C)CC[Si](C)(C)/C=C/c1ccccc1)O[Si](C)(C)C. The summed E-state index contributed by atoms with van der Waals surface area (Å²) in [6.07, 6.45) is 3.26. The van der Waals surface area contributed by atoms with Crippen LogP contribution in [0, 0.1) is 11.5 Å². The van der Waals surface area contributed by atoms with Gasteiger partial charge >= 0.3 is 0 Å². The molecule has 1 nitrogen and oxygen atoms in total. The smallest absolute Gasteiger partial charge is 0.185 e. The van der Waals surface area contributed by atoms with Gasteiger partial charge in [0.1, 0.15) is 13.7 Å². The summed E-state index contributed by atoms with van der Waals surface area (Å²) in [6, 6.07) is 13.2. The normalized spacial score (nSPS) is 15.3. The largest absolute Gasteiger partial charge is 0.402 e. The van der Waals surface area contributed by atoms with Gasteiger partial charge in [-0.25, -0.2) is 0 Å². The summed E-state index contributed by atoms with van der Waals surface area (Å²) in [6.45, 7) is 20.9. The van der Waals surface area contributed by atoms with Crippen molar-refractivity contribution in [2.24, 2.45) is 0 Å². The third kappa shape index (κ3) is 10.3. The van der Waals surface area contributed by atoms with Crippen LogP contribution in [0.15, 0.2) is 36.0 Å². The molecule has 4 heteroatoms. The summed E-state index contributed by atoms with van der Waals surface area (Å²) in [5.41, 5.74) is 7.21. The molecule has 1 atom stereocenters. The maximum absolute atomic E-state index is 6.39. The Morgan fingerprint density at radius 2 is 1.56 bits per heavy atom. The Morgan fingerprint density at radius 1 is 0.963 bits per heavy atom. The number of benzene rings is 1. The predicted molar refractivity (Wildman–Crippen MR) is 131 cm³/mol. The molecule has 27 heavy (non-hydrogen) atoms. The van der Waals surface area contributed by atoms with Crippen LogP contribution in [-0.4, -0.2) is 30.1 Å². The van der Waals surface area contributed by atoms with Gasteiger partial charge in [0.05, 0.1) is 8.07 Å². The van der Waals surface area contributed by atoms with E-state index in [9.17, 15) is 0 Å². The van der Waals surface area contributed by atoms with Gasteiger partial charge in [0, 0.05) is 0 Å². The van der Waals surface area contributed by atoms with Crippen LogP contribution < -0.4 is 0 Å². The van der Waals surface area contributed by atoms with E-state index in [1.165, 1.54) is 17.7 Å². The lowest BCUT2D eigenvalue weighted by molar-refractivity contribution is 0.138. The van der Waals surface area contributed by atoms with E-state index >= 15 is 0 Å². The molecule has 1 unspecified atom stereocenters. The van der Waals surface area contributed by atoms with Crippen LogP contribution in [0.5, 0.6) is 0 Å². The first-order valence-corrected chi connectivity index (χ1v) is 20.1. The molecule has 0 saturated carbocycles. The highest BCUT2D eigenvalue weighted by atomic mass is 28.4. The van der Waals surface area contributed by atoms with Crippen molar-refractivity contribution in [3.63, 3.8) is 0 Å². The second kappa shape index (κ2) is 9.56. The highest BCUT2D eigenvalue weighted by Gasteiger charge is 2.30. The lowest BCUT2D eigenvalue weighted by Crippen LogP contribution is -2.40. The zero-order valence-corrected chi connectivity index (χ0v) is 22.1. The zero-order chi connectivity index (χ0) is 20.8. The molecule has 0 fully saturated rings. The standard InChI is InChI=1S/C23H40OSi3/c1-10-23(2,24-25(3,4)5)17-19-27(8,9)21-20-26(6,7)18-16-22-14-12-11-13-15-22/h11-16,18H,10,20-21H2,1-9H3/b18-16+. The highest BCUT2D eigenvalue weighted by molar-refractivity contribution is 6.89. The summed E-state index contributed by atoms with van der Waals surface area (Å²) < 4.78 is 6.39. The van der Waals surface area contributed by atoms with Crippen LogP contribution in [0.2, 0.25) is 57.9 Å². The lowest BCUT2D eigenvalue weighted by atomic mass is 10.1. The van der Waals surface area contributed by atoms with Gasteiger partial charge in [-0.15, -0.1) is 5.54 Å². The van der Waals surface area contributed by atoms with E-state index in [1.807, 2.05) is 0 Å². The molecule has 0 saturated heterocycles. The zero-order valence-electron chi connectivity index (χ0n) is 19.1. The number of hydrogen-bond donors (Lipinski definition) is 0. The van der Waals surface area contributed by atoms with Gasteiger partial charge in [0.15, 0.2) is 8.32 Å². The Labute approximate surface area is 171 Å². The maximum Gasteiger partial charge on any atom is 0.185 e. The van der Waals surface area contributed by atoms with Crippen molar-refractivity contribution in [1.82, 2.24) is 0 Å². The van der Waals surface area contributed by atoms with Crippen LogP contribution in [0.4, 0.5) is 0 Å². The molecule has 1 aromatic carbocycles. The van der Waals surface area contributed by atoms with E-state index in [-0.39, 0.29) is 5.60 Å². The monoisotopic (exact) mass is 416 g/mol. The summed E-state index contributed by atoms with van der Waals surface area (Å²) in [7, 11) is -4.49. The van der Waals surface area contributed by atoms with Gasteiger partial charge in [-0.3, -0.25) is 0 Å². The van der Waals surface area contributed by atoms with Gasteiger partial charge in [-0.05, 0) is 44.6 Å². The first kappa shape index (κ1) is 24.2. The third-order valence-electron chi connectivity index (χ3n) is 4.79. The van der Waals surface area contributed by atoms with Gasteiger partial charge in [0.25, 0.3) is 0 Å². The Kier molecular flexibility index (Phi) is 8.55. The summed E-state index contributed by atoms with van der Waals surface area (Å²) >= 11 is 0. The average Bonchev–Trinajstić information content (AvgIpc) is 2.57. The van der Waals surface area contributed by atoms with Crippen LogP contribution in [-0.2, 0) is 4.43 Å². The van der Waals surface area contributed by atoms with Gasteiger partial charge < -0.3 is 4.43 Å². The molecule has 1 rings (SSSR count). The van der Waals surface area contributed by atoms with Gasteiger partial charge in [-0.2, -0.15) is 0 Å². The van der Waals surface area contributed by atoms with Gasteiger partial charge in [0.2, 0.25) is 0 Å². The Morgan fingerprint density at radius 3 is 2.07 bits per heavy atom. The minimum atomic E-state index is -1.59. The number of hydrogen-bond acceptors (Lipinski definition) is 1. The second-order valence-electron chi connectivity index (χ2n) is 10.2. The van der Waals surface area contributed by atoms with E-state index < -0.39 is 24.5 Å². The van der Waals surface area contributed by atoms with E-state index in [0.29, 0.717) is 0 Å². The Hall–Kier alpha value is -0.869. The molecule has 0 spiro atoms. The van der Waals surface area contributed by atoms with Crippen molar-refractivity contribution < 1.29 is 4.43 Å². The first-order valence-electron chi connectivity index (χ1n) is 10.2. The van der Waals surface area contributed by atoms with E-state index in [0.717, 1.165) is 6.42 Å². The molecule has 0 bridgehead atoms. The molecule has 0 heterocycles. The van der Waals surface area contributed by atoms with Crippen LogP contribution in [0.3, 0.4) is 0 Å². The molecule has 0 radical (unpaired) electrons. The predicted octanol–water partition coefficient (Wildman–Crippen LogP) is 7.22. The fourth-order valence-electron chi connectivity index (χ4n) is 2.83. The highest BCUT2D eigenvalue weighted by Crippen LogP contribution is 2.24. The van der Waals surface area contributed by atoms with E-state index in [2.05, 4.69) is 113 Å². The van der Waals surface area contributed by atoms with Crippen molar-refractivity contribution in [2.45, 2.75) is 83.8 Å². The topological polar surface area (TPSA) is 9.23 Å². The van der Waals surface area contributed by atoms with Crippen molar-refractivity contribution >= 4 is 30.5 Å². The molecular formula is C23H40OSi3. The molecule has 0 aliphatic carbocycles. The molecule has 0 aliphatic heterocycles. The minimum absolute atomic E-state index is 0.283. The lowest BCUT2D eigenvalue weighted by Gasteiger charge is -2.32. The van der Waals surface area contributed by atoms with Crippen molar-refractivity contribution in [2.75, 3.05) is 0 Å². The Balaban J connectivity index is 2.76. The third-order valence-corrected chi connectivity index (χ3v) is 11.3. The van der Waals surface area contributed by atoms with Crippen LogP contribution in [0.25, 0.3) is 6.08 Å². The summed E-state index contributed by atoms with van der Waals surface area (Å²) in [4.78, 5) is 0. The van der Waals surface area contributed by atoms with Crippen molar-refractivity contribution in [3.05, 3.63) is 41.6 Å².